The minimum atomic E-state index is -1.87. The maximum absolute atomic E-state index is 13.6. The molecule has 3 heterocycles. The third-order valence-electron chi connectivity index (χ3n) is 6.67. The fraction of sp³-hybridized carbons (Fsp3) is 0.214. The van der Waals surface area contributed by atoms with Gasteiger partial charge in [0.05, 0.1) is 17.3 Å². The lowest BCUT2D eigenvalue weighted by atomic mass is 10.00. The van der Waals surface area contributed by atoms with Gasteiger partial charge in [0.25, 0.3) is 0 Å². The van der Waals surface area contributed by atoms with E-state index in [1.165, 1.54) is 35.1 Å². The molecule has 11 heteroatoms. The van der Waals surface area contributed by atoms with E-state index in [1.807, 2.05) is 0 Å². The number of hydrogen-bond acceptors (Lipinski definition) is 7. The summed E-state index contributed by atoms with van der Waals surface area (Å²) in [7, 11) is 0. The Kier molecular flexibility index (Phi) is 7.46. The number of primary amides is 1. The van der Waals surface area contributed by atoms with Crippen molar-refractivity contribution in [2.24, 2.45) is 5.73 Å². The number of nitrogens with zero attached hydrogens (tertiary/aromatic N) is 5. The van der Waals surface area contributed by atoms with Gasteiger partial charge in [0.1, 0.15) is 5.82 Å². The topological polar surface area (TPSA) is 141 Å². The van der Waals surface area contributed by atoms with Gasteiger partial charge >= 0.3 is 0 Å². The largest absolute Gasteiger partial charge is 0.756 e. The van der Waals surface area contributed by atoms with E-state index in [0.717, 1.165) is 11.1 Å². The van der Waals surface area contributed by atoms with Gasteiger partial charge in [-0.25, -0.2) is 14.1 Å². The van der Waals surface area contributed by atoms with Crippen molar-refractivity contribution in [3.05, 3.63) is 118 Å². The Morgan fingerprint density at radius 3 is 2.62 bits per heavy atom. The lowest BCUT2D eigenvalue weighted by Gasteiger charge is -2.39. The van der Waals surface area contributed by atoms with Crippen molar-refractivity contribution < 1.29 is 19.1 Å². The van der Waals surface area contributed by atoms with Gasteiger partial charge in [-0.3, -0.25) is 14.5 Å². The number of benzene rings is 2. The van der Waals surface area contributed by atoms with Crippen LogP contribution in [0.1, 0.15) is 32.7 Å². The summed E-state index contributed by atoms with van der Waals surface area (Å²) in [4.78, 5) is 31.5. The number of pyridine rings is 1. The maximum Gasteiger partial charge on any atom is 0.248 e. The van der Waals surface area contributed by atoms with Gasteiger partial charge in [-0.15, -0.1) is 0 Å². The molecule has 2 unspecified atom stereocenters. The maximum atomic E-state index is 13.6. The monoisotopic (exact) mass is 529 g/mol. The van der Waals surface area contributed by atoms with E-state index in [9.17, 15) is 24.3 Å². The highest BCUT2D eigenvalue weighted by molar-refractivity contribution is 5.98. The molecule has 3 N–H and O–H groups in total. The highest BCUT2D eigenvalue weighted by Gasteiger charge is 2.30. The molecule has 5 rings (SSSR count). The van der Waals surface area contributed by atoms with Crippen LogP contribution in [0.5, 0.6) is 0 Å². The minimum Gasteiger partial charge on any atom is -0.756 e. The van der Waals surface area contributed by atoms with E-state index < -0.39 is 24.0 Å². The number of aromatic nitrogens is 3. The van der Waals surface area contributed by atoms with Gasteiger partial charge < -0.3 is 21.1 Å². The van der Waals surface area contributed by atoms with Gasteiger partial charge in [0.15, 0.2) is 11.9 Å². The first kappa shape index (κ1) is 26.2. The molecule has 1 aliphatic rings. The number of rotatable bonds is 9. The van der Waals surface area contributed by atoms with Crippen LogP contribution in [-0.4, -0.2) is 53.8 Å². The van der Waals surface area contributed by atoms with Crippen LogP contribution in [0.3, 0.4) is 0 Å². The summed E-state index contributed by atoms with van der Waals surface area (Å²) in [6.07, 6.45) is 1.14. The van der Waals surface area contributed by atoms with Crippen LogP contribution in [0.25, 0.3) is 5.82 Å². The van der Waals surface area contributed by atoms with Crippen LogP contribution >= 0.6 is 0 Å². The fourth-order valence-electron chi connectivity index (χ4n) is 4.72. The Balaban J connectivity index is 1.35. The molecule has 10 nitrogen and oxygen atoms in total. The molecule has 0 fully saturated rings. The number of amides is 2. The van der Waals surface area contributed by atoms with E-state index in [2.05, 4.69) is 15.0 Å². The zero-order valence-corrected chi connectivity index (χ0v) is 20.9. The average Bonchev–Trinajstić information content (AvgIpc) is 3.57. The number of carbonyl (C=O) groups is 2. The van der Waals surface area contributed by atoms with Crippen LogP contribution in [0.4, 0.5) is 4.39 Å². The number of aliphatic hydroxyl groups is 1. The number of nitrogens with two attached hydrogens (primary N) is 1. The fourth-order valence-corrected chi connectivity index (χ4v) is 4.72. The smallest absolute Gasteiger partial charge is 0.248 e. The zero-order chi connectivity index (χ0) is 27.5. The third-order valence-corrected chi connectivity index (χ3v) is 6.67. The van der Waals surface area contributed by atoms with Crippen LogP contribution in [0, 0.1) is 11.0 Å². The van der Waals surface area contributed by atoms with E-state index in [0.29, 0.717) is 30.9 Å². The number of hydrogen-bond donors (Lipinski definition) is 2. The van der Waals surface area contributed by atoms with Crippen molar-refractivity contribution in [1.29, 1.82) is 0 Å². The van der Waals surface area contributed by atoms with E-state index >= 15 is 0 Å². The molecule has 2 atom stereocenters. The van der Waals surface area contributed by atoms with Crippen molar-refractivity contribution in [3.63, 3.8) is 0 Å². The van der Waals surface area contributed by atoms with Crippen LogP contribution in [0.2, 0.25) is 0 Å². The lowest BCUT2D eigenvalue weighted by molar-refractivity contribution is -0.128. The highest BCUT2D eigenvalue weighted by Crippen LogP contribution is 2.25. The predicted molar refractivity (Wildman–Crippen MR) is 139 cm³/mol. The van der Waals surface area contributed by atoms with E-state index in [1.54, 1.807) is 48.7 Å². The normalized spacial score (nSPS) is 14.5. The van der Waals surface area contributed by atoms with Gasteiger partial charge in [-0.1, -0.05) is 36.4 Å². The highest BCUT2D eigenvalue weighted by atomic mass is 19.1. The Morgan fingerprint density at radius 2 is 1.85 bits per heavy atom. The molecule has 0 saturated carbocycles. The van der Waals surface area contributed by atoms with Crippen LogP contribution in [-0.2, 0) is 30.8 Å². The second-order valence-corrected chi connectivity index (χ2v) is 9.42. The molecule has 0 spiro atoms. The summed E-state index contributed by atoms with van der Waals surface area (Å²) in [5.41, 5.74) is 8.56. The van der Waals surface area contributed by atoms with Gasteiger partial charge in [0.2, 0.25) is 11.8 Å². The van der Waals surface area contributed by atoms with Crippen molar-refractivity contribution >= 4 is 11.8 Å². The Bertz CT molecular complexity index is 1490. The average molecular weight is 530 g/mol. The predicted octanol–water partition coefficient (Wildman–Crippen LogP) is 2.32. The zero-order valence-electron chi connectivity index (χ0n) is 20.9. The number of carbonyl (C=O) groups excluding carboxylic acids is 2. The third kappa shape index (κ3) is 5.70. The van der Waals surface area contributed by atoms with Crippen molar-refractivity contribution in [2.75, 3.05) is 0 Å². The minimum absolute atomic E-state index is 0.0547. The number of aliphatic hydroxyl groups excluding tert-OH is 1. The summed E-state index contributed by atoms with van der Waals surface area (Å²) in [5.74, 6) is -2.25. The summed E-state index contributed by atoms with van der Waals surface area (Å²) >= 11 is 0. The van der Waals surface area contributed by atoms with Crippen molar-refractivity contribution in [2.45, 2.75) is 38.2 Å². The molecule has 0 radical (unpaired) electrons. The molecule has 2 amide bonds. The first-order chi connectivity index (χ1) is 18.8. The first-order valence-electron chi connectivity index (χ1n) is 12.3. The molecule has 0 bridgehead atoms. The summed E-state index contributed by atoms with van der Waals surface area (Å²) in [6.45, 7) is 1.73. The van der Waals surface area contributed by atoms with Gasteiger partial charge in [-0.2, -0.15) is 5.10 Å². The molecule has 0 aliphatic carbocycles. The summed E-state index contributed by atoms with van der Waals surface area (Å²) < 4.78 is 15.0. The molecule has 1 aliphatic heterocycles. The second-order valence-electron chi connectivity index (χ2n) is 9.42. The molecular weight excluding hydrogens is 503 g/mol. The van der Waals surface area contributed by atoms with E-state index in [4.69, 9.17) is 5.73 Å². The summed E-state index contributed by atoms with van der Waals surface area (Å²) in [6, 6.07) is 16.7. The molecule has 4 aromatic rings. The van der Waals surface area contributed by atoms with Crippen LogP contribution < -0.4 is 5.73 Å². The van der Waals surface area contributed by atoms with Crippen molar-refractivity contribution in [1.82, 2.24) is 24.7 Å². The van der Waals surface area contributed by atoms with Gasteiger partial charge in [-0.05, 0) is 53.4 Å². The number of halogens is 1. The molecule has 2 aromatic carbocycles. The molecule has 0 saturated heterocycles. The number of fused-ring (bicyclic) bond motifs is 1. The SMILES string of the molecule is NC(=O)C(O)C(Cc1ccccc1)N([O-])C(=O)c1cccnc1-n1ccc(CN2Cc3ccc(F)cc3C2)n1. The van der Waals surface area contributed by atoms with Crippen LogP contribution in [0.15, 0.2) is 79.1 Å². The number of hydroxylamine groups is 2. The Hall–Kier alpha value is -4.45. The Morgan fingerprint density at radius 1 is 1.08 bits per heavy atom. The molecule has 2 aromatic heterocycles. The molecule has 39 heavy (non-hydrogen) atoms. The van der Waals surface area contributed by atoms with E-state index in [-0.39, 0.29) is 28.7 Å². The lowest BCUT2D eigenvalue weighted by Crippen LogP contribution is -2.50. The molecular formula is C28H26FN6O4-. The summed E-state index contributed by atoms with van der Waals surface area (Å²) in [5, 5.41) is 28.3. The molecule has 200 valence electrons. The second kappa shape index (κ2) is 11.1. The van der Waals surface area contributed by atoms with Gasteiger partial charge in [0, 0.05) is 32.0 Å². The van der Waals surface area contributed by atoms with Crippen molar-refractivity contribution in [3.8, 4) is 5.82 Å². The standard InChI is InChI=1S/C28H26FN6O4/c29-21-9-8-19-15-33(16-20(19)14-21)17-22-10-12-34(32-22)27-23(7-4-11-31-27)28(38)35(39)24(25(36)26(30)37)13-18-5-2-1-3-6-18/h1-12,14,24-25,36H,13,15-17H2,(H2,30,37)/q-1. The Labute approximate surface area is 223 Å². The quantitative estimate of drug-likeness (QED) is 0.317. The first-order valence-corrected chi connectivity index (χ1v) is 12.3.